The first-order valence-corrected chi connectivity index (χ1v) is 8.56. The Morgan fingerprint density at radius 2 is 1.92 bits per heavy atom. The summed E-state index contributed by atoms with van der Waals surface area (Å²) < 4.78 is 33.9. The van der Waals surface area contributed by atoms with Crippen LogP contribution in [0.2, 0.25) is 0 Å². The van der Waals surface area contributed by atoms with Gasteiger partial charge in [0.15, 0.2) is 12.1 Å². The number of ether oxygens (including phenoxy) is 6. The van der Waals surface area contributed by atoms with Crippen LogP contribution in [0.4, 0.5) is 4.79 Å². The molecular weight excluding hydrogens is 330 g/mol. The zero-order valence-corrected chi connectivity index (χ0v) is 16.2. The SMILES string of the molecule is COC[C@@H](CNC(=O)OC(C)(C)C)[C@H]1O[C@@H]2OC(C)(C)O[C@@H]2[C@H]1OC. The number of fused-ring (bicyclic) bond motifs is 1. The maximum atomic E-state index is 11.9. The number of hydrogen-bond acceptors (Lipinski definition) is 7. The van der Waals surface area contributed by atoms with Gasteiger partial charge in [-0.3, -0.25) is 0 Å². The smallest absolute Gasteiger partial charge is 0.407 e. The van der Waals surface area contributed by atoms with E-state index in [1.165, 1.54) is 0 Å². The van der Waals surface area contributed by atoms with Crippen LogP contribution in [-0.2, 0) is 28.4 Å². The summed E-state index contributed by atoms with van der Waals surface area (Å²) in [7, 11) is 3.22. The number of alkyl carbamates (subject to hydrolysis) is 1. The normalized spacial score (nSPS) is 32.3. The van der Waals surface area contributed by atoms with Gasteiger partial charge in [0, 0.05) is 26.7 Å². The Bertz CT molecular complexity index is 462. The van der Waals surface area contributed by atoms with Crippen LogP contribution in [0.5, 0.6) is 0 Å². The highest BCUT2D eigenvalue weighted by Gasteiger charge is 2.56. The molecule has 0 bridgehead atoms. The Kier molecular flexibility index (Phi) is 6.32. The van der Waals surface area contributed by atoms with E-state index in [2.05, 4.69) is 5.32 Å². The molecule has 0 aromatic heterocycles. The van der Waals surface area contributed by atoms with Crippen molar-refractivity contribution < 1.29 is 33.2 Å². The molecule has 2 heterocycles. The fraction of sp³-hybridized carbons (Fsp3) is 0.941. The highest BCUT2D eigenvalue weighted by Crippen LogP contribution is 2.40. The van der Waals surface area contributed by atoms with Crippen molar-refractivity contribution in [1.29, 1.82) is 0 Å². The van der Waals surface area contributed by atoms with Crippen molar-refractivity contribution in [3.63, 3.8) is 0 Å². The molecule has 0 spiro atoms. The molecule has 2 aliphatic heterocycles. The molecule has 5 atom stereocenters. The van der Waals surface area contributed by atoms with Crippen molar-refractivity contribution >= 4 is 6.09 Å². The van der Waals surface area contributed by atoms with Gasteiger partial charge in [0.1, 0.15) is 17.8 Å². The van der Waals surface area contributed by atoms with Gasteiger partial charge in [0.2, 0.25) is 0 Å². The molecule has 1 amide bonds. The van der Waals surface area contributed by atoms with E-state index >= 15 is 0 Å². The number of methoxy groups -OCH3 is 2. The van der Waals surface area contributed by atoms with Gasteiger partial charge in [-0.2, -0.15) is 0 Å². The van der Waals surface area contributed by atoms with E-state index < -0.39 is 23.8 Å². The van der Waals surface area contributed by atoms with Crippen molar-refractivity contribution in [2.45, 2.75) is 70.6 Å². The molecule has 0 aromatic carbocycles. The minimum absolute atomic E-state index is 0.136. The number of carbonyl (C=O) groups excluding carboxylic acids is 1. The van der Waals surface area contributed by atoms with Crippen LogP contribution in [0.3, 0.4) is 0 Å². The van der Waals surface area contributed by atoms with E-state index in [4.69, 9.17) is 28.4 Å². The minimum atomic E-state index is -0.706. The molecule has 2 fully saturated rings. The maximum absolute atomic E-state index is 11.9. The maximum Gasteiger partial charge on any atom is 0.407 e. The summed E-state index contributed by atoms with van der Waals surface area (Å²) in [4.78, 5) is 11.9. The third kappa shape index (κ3) is 5.27. The molecule has 0 unspecified atom stereocenters. The zero-order valence-electron chi connectivity index (χ0n) is 16.2. The van der Waals surface area contributed by atoms with E-state index in [-0.39, 0.29) is 24.2 Å². The van der Waals surface area contributed by atoms with E-state index in [1.54, 1.807) is 14.2 Å². The molecule has 0 saturated carbocycles. The van der Waals surface area contributed by atoms with Crippen LogP contribution < -0.4 is 5.32 Å². The summed E-state index contributed by atoms with van der Waals surface area (Å²) in [5, 5.41) is 2.77. The molecule has 0 aliphatic carbocycles. The molecule has 8 heteroatoms. The van der Waals surface area contributed by atoms with Crippen molar-refractivity contribution in [3.05, 3.63) is 0 Å². The summed E-state index contributed by atoms with van der Waals surface area (Å²) >= 11 is 0. The molecule has 0 aromatic rings. The Balaban J connectivity index is 1.99. The Hall–Kier alpha value is -0.930. The summed E-state index contributed by atoms with van der Waals surface area (Å²) in [6.45, 7) is 9.85. The van der Waals surface area contributed by atoms with E-state index in [0.29, 0.717) is 13.2 Å². The highest BCUT2D eigenvalue weighted by atomic mass is 16.8. The lowest BCUT2D eigenvalue weighted by Gasteiger charge is -2.30. The van der Waals surface area contributed by atoms with Crippen LogP contribution in [0, 0.1) is 5.92 Å². The highest BCUT2D eigenvalue weighted by molar-refractivity contribution is 5.67. The summed E-state index contributed by atoms with van der Waals surface area (Å²) in [5.41, 5.74) is -0.552. The summed E-state index contributed by atoms with van der Waals surface area (Å²) in [6.07, 6.45) is -1.93. The van der Waals surface area contributed by atoms with Gasteiger partial charge in [-0.05, 0) is 34.6 Å². The van der Waals surface area contributed by atoms with Gasteiger partial charge in [0.05, 0.1) is 12.7 Å². The van der Waals surface area contributed by atoms with Crippen LogP contribution in [0.15, 0.2) is 0 Å². The van der Waals surface area contributed by atoms with Crippen molar-refractivity contribution in [1.82, 2.24) is 5.32 Å². The average molecular weight is 361 g/mol. The molecule has 1 N–H and O–H groups in total. The number of hydrogen-bond donors (Lipinski definition) is 1. The minimum Gasteiger partial charge on any atom is -0.444 e. The fourth-order valence-corrected chi connectivity index (χ4v) is 3.16. The molecule has 0 radical (unpaired) electrons. The lowest BCUT2D eigenvalue weighted by Crippen LogP contribution is -2.46. The van der Waals surface area contributed by atoms with E-state index in [0.717, 1.165) is 0 Å². The summed E-state index contributed by atoms with van der Waals surface area (Å²) in [5.74, 6) is -0.842. The van der Waals surface area contributed by atoms with Crippen molar-refractivity contribution in [3.8, 4) is 0 Å². The topological polar surface area (TPSA) is 84.5 Å². The first-order chi connectivity index (χ1) is 11.6. The standard InChI is InChI=1S/C17H31NO7/c1-16(2,3)25-15(19)18-8-10(9-20-6)11-12(21-7)13-14(22-11)24-17(4,5)23-13/h10-14H,8-9H2,1-7H3,(H,18,19)/t10-,11-,12+,13-,14-/m1/s1. The van der Waals surface area contributed by atoms with E-state index in [9.17, 15) is 4.79 Å². The van der Waals surface area contributed by atoms with Gasteiger partial charge in [-0.1, -0.05) is 0 Å². The second-order valence-electron chi connectivity index (χ2n) is 7.87. The van der Waals surface area contributed by atoms with Gasteiger partial charge in [0.25, 0.3) is 0 Å². The first-order valence-electron chi connectivity index (χ1n) is 8.56. The molecule has 8 nitrogen and oxygen atoms in total. The van der Waals surface area contributed by atoms with Crippen molar-refractivity contribution in [2.75, 3.05) is 27.4 Å². The largest absolute Gasteiger partial charge is 0.444 e. The molecule has 2 aliphatic rings. The second-order valence-corrected chi connectivity index (χ2v) is 7.87. The first kappa shape index (κ1) is 20.4. The molecule has 2 saturated heterocycles. The molecular formula is C17H31NO7. The number of nitrogens with one attached hydrogen (secondary N) is 1. The second kappa shape index (κ2) is 7.75. The lowest BCUT2D eigenvalue weighted by atomic mass is 9.97. The predicted molar refractivity (Wildman–Crippen MR) is 89.1 cm³/mol. The quantitative estimate of drug-likeness (QED) is 0.770. The molecule has 146 valence electrons. The number of carbonyl (C=O) groups is 1. The predicted octanol–water partition coefficient (Wildman–Crippen LogP) is 1.67. The monoisotopic (exact) mass is 361 g/mol. The zero-order chi connectivity index (χ0) is 18.8. The lowest BCUT2D eigenvalue weighted by molar-refractivity contribution is -0.224. The Morgan fingerprint density at radius 1 is 1.24 bits per heavy atom. The van der Waals surface area contributed by atoms with Crippen LogP contribution in [0.25, 0.3) is 0 Å². The number of amides is 1. The Labute approximate surface area is 149 Å². The molecule has 25 heavy (non-hydrogen) atoms. The number of rotatable bonds is 6. The molecule has 2 rings (SSSR count). The van der Waals surface area contributed by atoms with Gasteiger partial charge < -0.3 is 33.7 Å². The third-order valence-corrected chi connectivity index (χ3v) is 4.05. The van der Waals surface area contributed by atoms with Crippen LogP contribution in [-0.4, -0.2) is 69.5 Å². The van der Waals surface area contributed by atoms with Gasteiger partial charge >= 0.3 is 6.09 Å². The third-order valence-electron chi connectivity index (χ3n) is 4.05. The van der Waals surface area contributed by atoms with Gasteiger partial charge in [-0.25, -0.2) is 4.79 Å². The Morgan fingerprint density at radius 3 is 2.48 bits per heavy atom. The fourth-order valence-electron chi connectivity index (χ4n) is 3.16. The van der Waals surface area contributed by atoms with Crippen LogP contribution >= 0.6 is 0 Å². The summed E-state index contributed by atoms with van der Waals surface area (Å²) in [6, 6.07) is 0. The van der Waals surface area contributed by atoms with E-state index in [1.807, 2.05) is 34.6 Å². The van der Waals surface area contributed by atoms with Gasteiger partial charge in [-0.15, -0.1) is 0 Å². The van der Waals surface area contributed by atoms with Crippen molar-refractivity contribution in [2.24, 2.45) is 5.92 Å². The van der Waals surface area contributed by atoms with Crippen LogP contribution in [0.1, 0.15) is 34.6 Å². The average Bonchev–Trinajstić information content (AvgIpc) is 2.92.